The second-order valence-electron chi connectivity index (χ2n) is 6.16. The first-order valence-corrected chi connectivity index (χ1v) is 9.91. The maximum Gasteiger partial charge on any atom is -0.0276 e. The highest BCUT2D eigenvalue weighted by Gasteiger charge is 1.93. The molecule has 0 aliphatic heterocycles. The maximum absolute atomic E-state index is 3.00. The molecule has 148 valence electrons. The Morgan fingerprint density at radius 2 is 0.929 bits per heavy atom. The Labute approximate surface area is 173 Å². The van der Waals surface area contributed by atoms with Gasteiger partial charge in [0.15, 0.2) is 0 Å². The highest BCUT2D eigenvalue weighted by Crippen LogP contribution is 2.07. The van der Waals surface area contributed by atoms with Crippen LogP contribution in [0.1, 0.15) is 35.6 Å². The van der Waals surface area contributed by atoms with Gasteiger partial charge in [-0.15, -0.1) is 26.3 Å². The standard InChI is InChI=1S/C15H16.C9H12.2C2H4/c1-3-8-14(9-4-1)12-7-13-15-10-5-2-6-11-15;1-3-9-6-4-8(2)5-7-9;2*1-2/h1-6,8-11H,7,12-13H2;4-7H,3H2,1-2H3;2*1-2H2. The summed E-state index contributed by atoms with van der Waals surface area (Å²) in [6.45, 7) is 16.3. The summed E-state index contributed by atoms with van der Waals surface area (Å²) in [5.74, 6) is 0. The van der Waals surface area contributed by atoms with Gasteiger partial charge in [0.2, 0.25) is 0 Å². The van der Waals surface area contributed by atoms with Crippen molar-refractivity contribution in [3.8, 4) is 0 Å². The predicted octanol–water partition coefficient (Wildman–Crippen LogP) is 8.02. The second-order valence-corrected chi connectivity index (χ2v) is 6.16. The fraction of sp³-hybridized carbons (Fsp3) is 0.214. The van der Waals surface area contributed by atoms with Crippen LogP contribution in [0.25, 0.3) is 0 Å². The molecule has 0 aromatic heterocycles. The Hall–Kier alpha value is -2.86. The molecule has 0 aliphatic carbocycles. The fourth-order valence-electron chi connectivity index (χ4n) is 2.61. The van der Waals surface area contributed by atoms with Crippen molar-refractivity contribution in [1.82, 2.24) is 0 Å². The zero-order chi connectivity index (χ0) is 21.0. The number of aryl methyl sites for hydroxylation is 4. The first-order chi connectivity index (χ1) is 13.8. The Bertz CT molecular complexity index is 655. The molecule has 3 aromatic rings. The van der Waals surface area contributed by atoms with E-state index in [2.05, 4.69) is 125 Å². The van der Waals surface area contributed by atoms with Crippen LogP contribution in [0.5, 0.6) is 0 Å². The smallest absolute Gasteiger partial charge is 0.0276 e. The molecule has 0 aliphatic rings. The van der Waals surface area contributed by atoms with Crippen molar-refractivity contribution in [2.24, 2.45) is 0 Å². The van der Waals surface area contributed by atoms with Gasteiger partial charge < -0.3 is 0 Å². The van der Waals surface area contributed by atoms with Gasteiger partial charge in [-0.05, 0) is 49.3 Å². The van der Waals surface area contributed by atoms with E-state index in [0.29, 0.717) is 0 Å². The number of benzene rings is 3. The lowest BCUT2D eigenvalue weighted by atomic mass is 10.0. The van der Waals surface area contributed by atoms with Gasteiger partial charge in [0.05, 0.1) is 0 Å². The molecule has 28 heavy (non-hydrogen) atoms. The molecule has 0 heterocycles. The van der Waals surface area contributed by atoms with E-state index >= 15 is 0 Å². The van der Waals surface area contributed by atoms with E-state index in [1.165, 1.54) is 41.5 Å². The zero-order valence-electron chi connectivity index (χ0n) is 17.7. The highest BCUT2D eigenvalue weighted by atomic mass is 14.0. The van der Waals surface area contributed by atoms with Crippen LogP contribution in [-0.4, -0.2) is 0 Å². The van der Waals surface area contributed by atoms with Gasteiger partial charge in [0.25, 0.3) is 0 Å². The van der Waals surface area contributed by atoms with Crippen LogP contribution in [-0.2, 0) is 19.3 Å². The quantitative estimate of drug-likeness (QED) is 0.398. The van der Waals surface area contributed by atoms with Crippen molar-refractivity contribution in [3.63, 3.8) is 0 Å². The van der Waals surface area contributed by atoms with Gasteiger partial charge in [-0.2, -0.15) is 0 Å². The van der Waals surface area contributed by atoms with E-state index < -0.39 is 0 Å². The third-order valence-electron chi connectivity index (χ3n) is 4.15. The normalized spacial score (nSPS) is 8.79. The third kappa shape index (κ3) is 11.7. The molecule has 0 radical (unpaired) electrons. The number of hydrogen-bond acceptors (Lipinski definition) is 0. The lowest BCUT2D eigenvalue weighted by molar-refractivity contribution is 0.821. The minimum atomic E-state index is 1.14. The van der Waals surface area contributed by atoms with Crippen molar-refractivity contribution in [1.29, 1.82) is 0 Å². The Kier molecular flexibility index (Phi) is 15.8. The summed E-state index contributed by atoms with van der Waals surface area (Å²) in [6.07, 6.45) is 4.72. The molecule has 0 saturated carbocycles. The summed E-state index contributed by atoms with van der Waals surface area (Å²) in [5.41, 5.74) is 5.63. The topological polar surface area (TPSA) is 0 Å². The molecule has 3 rings (SSSR count). The summed E-state index contributed by atoms with van der Waals surface area (Å²) < 4.78 is 0. The monoisotopic (exact) mass is 372 g/mol. The molecule has 0 N–H and O–H groups in total. The molecule has 0 fully saturated rings. The summed E-state index contributed by atoms with van der Waals surface area (Å²) in [4.78, 5) is 0. The van der Waals surface area contributed by atoms with Gasteiger partial charge in [0.1, 0.15) is 0 Å². The van der Waals surface area contributed by atoms with E-state index in [4.69, 9.17) is 0 Å². The zero-order valence-corrected chi connectivity index (χ0v) is 17.7. The molecule has 0 saturated heterocycles. The summed E-state index contributed by atoms with van der Waals surface area (Å²) in [5, 5.41) is 0. The van der Waals surface area contributed by atoms with Crippen molar-refractivity contribution in [3.05, 3.63) is 133 Å². The molecule has 0 bridgehead atoms. The van der Waals surface area contributed by atoms with Crippen molar-refractivity contribution in [2.45, 2.75) is 39.5 Å². The highest BCUT2D eigenvalue weighted by molar-refractivity contribution is 5.21. The predicted molar refractivity (Wildman–Crippen MR) is 128 cm³/mol. The van der Waals surface area contributed by atoms with Crippen molar-refractivity contribution in [2.75, 3.05) is 0 Å². The Balaban J connectivity index is 0.000000481. The molecular weight excluding hydrogens is 336 g/mol. The minimum absolute atomic E-state index is 1.14. The van der Waals surface area contributed by atoms with Gasteiger partial charge >= 0.3 is 0 Å². The molecule has 0 amide bonds. The second kappa shape index (κ2) is 17.5. The van der Waals surface area contributed by atoms with Crippen LogP contribution in [0.4, 0.5) is 0 Å². The molecule has 0 nitrogen and oxygen atoms in total. The average Bonchev–Trinajstić information content (AvgIpc) is 2.79. The van der Waals surface area contributed by atoms with Crippen molar-refractivity contribution < 1.29 is 0 Å². The van der Waals surface area contributed by atoms with Crippen LogP contribution in [0, 0.1) is 6.92 Å². The molecule has 0 spiro atoms. The number of hydrogen-bond donors (Lipinski definition) is 0. The van der Waals surface area contributed by atoms with Crippen LogP contribution in [0.2, 0.25) is 0 Å². The molecule has 3 aromatic carbocycles. The van der Waals surface area contributed by atoms with E-state index in [1.54, 1.807) is 0 Å². The summed E-state index contributed by atoms with van der Waals surface area (Å²) in [6, 6.07) is 30.0. The van der Waals surface area contributed by atoms with E-state index in [-0.39, 0.29) is 0 Å². The minimum Gasteiger partial charge on any atom is -0.106 e. The molecule has 0 unspecified atom stereocenters. The SMILES string of the molecule is C=C.C=C.CCc1ccc(C)cc1.c1ccc(CCCc2ccccc2)cc1. The van der Waals surface area contributed by atoms with Crippen LogP contribution in [0.3, 0.4) is 0 Å². The molecule has 0 heteroatoms. The lowest BCUT2D eigenvalue weighted by Gasteiger charge is -2.01. The van der Waals surface area contributed by atoms with Crippen molar-refractivity contribution >= 4 is 0 Å². The largest absolute Gasteiger partial charge is 0.106 e. The molecular formula is C28H36. The van der Waals surface area contributed by atoms with Crippen LogP contribution in [0.15, 0.2) is 111 Å². The Morgan fingerprint density at radius 1 is 0.536 bits per heavy atom. The van der Waals surface area contributed by atoms with Gasteiger partial charge in [-0.3, -0.25) is 0 Å². The van der Waals surface area contributed by atoms with E-state index in [9.17, 15) is 0 Å². The van der Waals surface area contributed by atoms with Gasteiger partial charge in [-0.1, -0.05) is 97.4 Å². The number of rotatable bonds is 5. The lowest BCUT2D eigenvalue weighted by Crippen LogP contribution is -1.89. The Morgan fingerprint density at radius 3 is 1.29 bits per heavy atom. The van der Waals surface area contributed by atoms with Gasteiger partial charge in [0, 0.05) is 0 Å². The van der Waals surface area contributed by atoms with Crippen LogP contribution >= 0.6 is 0 Å². The first-order valence-electron chi connectivity index (χ1n) is 9.91. The van der Waals surface area contributed by atoms with E-state index in [0.717, 1.165) is 6.42 Å². The summed E-state index contributed by atoms with van der Waals surface area (Å²) >= 11 is 0. The van der Waals surface area contributed by atoms with Gasteiger partial charge in [-0.25, -0.2) is 0 Å². The first kappa shape index (κ1) is 25.1. The molecule has 0 atom stereocenters. The average molecular weight is 373 g/mol. The fourth-order valence-corrected chi connectivity index (χ4v) is 2.61. The van der Waals surface area contributed by atoms with Crippen LogP contribution < -0.4 is 0 Å². The van der Waals surface area contributed by atoms with E-state index in [1.807, 2.05) is 0 Å². The maximum atomic E-state index is 3.00. The third-order valence-corrected chi connectivity index (χ3v) is 4.15. The summed E-state index contributed by atoms with van der Waals surface area (Å²) in [7, 11) is 0.